The summed E-state index contributed by atoms with van der Waals surface area (Å²) < 4.78 is 62.2. The van der Waals surface area contributed by atoms with E-state index in [1.165, 1.54) is 30.4 Å². The molecular weight excluding hydrogens is 937 g/mol. The van der Waals surface area contributed by atoms with Crippen LogP contribution < -0.4 is 0 Å². The first kappa shape index (κ1) is 52.4. The number of ketones is 2. The lowest BCUT2D eigenvalue weighted by molar-refractivity contribution is -0.320. The lowest BCUT2D eigenvalue weighted by Gasteiger charge is -2.51. The summed E-state index contributed by atoms with van der Waals surface area (Å²) in [6.07, 6.45) is -6.38. The first-order valence-electron chi connectivity index (χ1n) is 24.2. The number of carbonyl (C=O) groups excluding carboxylic acids is 2. The van der Waals surface area contributed by atoms with Gasteiger partial charge in [-0.2, -0.15) is 0 Å². The van der Waals surface area contributed by atoms with E-state index in [9.17, 15) is 9.59 Å². The Balaban J connectivity index is 1.22. The number of hydrogen-bond acceptors (Lipinski definition) is 13. The molecule has 10 atom stereocenters. The largest absolute Gasteiger partial charge is 0.467 e. The number of hydrogen-bond donors (Lipinski definition) is 0. The van der Waals surface area contributed by atoms with Crippen molar-refractivity contribution in [1.82, 2.24) is 0 Å². The molecule has 3 aliphatic rings. The number of thioether (sulfide) groups is 2. The second kappa shape index (κ2) is 26.2. The van der Waals surface area contributed by atoms with Gasteiger partial charge in [0.25, 0.3) is 0 Å². The molecule has 0 radical (unpaired) electrons. The van der Waals surface area contributed by atoms with Crippen molar-refractivity contribution in [2.75, 3.05) is 13.2 Å². The molecule has 0 saturated carbocycles. The lowest BCUT2D eigenvalue weighted by Crippen LogP contribution is -2.65. The molecule has 0 bridgehead atoms. The molecule has 11 nitrogen and oxygen atoms in total. The molecule has 0 unspecified atom stereocenters. The van der Waals surface area contributed by atoms with E-state index in [1.807, 2.05) is 166 Å². The highest BCUT2D eigenvalue weighted by molar-refractivity contribution is 8.05. The summed E-state index contributed by atoms with van der Waals surface area (Å²) in [7, 11) is 0. The summed E-state index contributed by atoms with van der Waals surface area (Å²) in [6.45, 7) is 10.4. The molecule has 3 aliphatic heterocycles. The molecule has 0 N–H and O–H groups in total. The maximum absolute atomic E-state index is 13.7. The average molecular weight is 1000 g/mol. The molecule has 3 heterocycles. The molecular formula is C58H64O11S2. The molecule has 374 valence electrons. The molecule has 0 aromatic heterocycles. The standard InChI is InChI=1S/C58H64O11S2/c1-38(2)53(39(3)59)70-55-51(65-35-46-29-19-10-20-30-46)49(63-33-44-25-15-8-16-26-44)47(36-61-31-42-21-11-6-12-22-42)68-58(55)69-52-50(64-34-45-27-17-9-18-28-45)48(37-62-32-43-23-13-7-14-24-43)67-57-56(52)71-54(40(4)60)41(5)66-57/h6-30,47-52,55-58H,31-37H2,1-5H3/t47-,48-,49-,50-,51+,52+,55-,56-,57+,58-/m1/s1. The van der Waals surface area contributed by atoms with Crippen LogP contribution in [-0.4, -0.2) is 84.5 Å². The summed E-state index contributed by atoms with van der Waals surface area (Å²) >= 11 is 2.72. The Hall–Kier alpha value is -4.90. The van der Waals surface area contributed by atoms with Gasteiger partial charge in [-0.15, -0.1) is 23.5 Å². The number of benzene rings is 5. The summed E-state index contributed by atoms with van der Waals surface area (Å²) in [4.78, 5) is 28.0. The summed E-state index contributed by atoms with van der Waals surface area (Å²) in [6, 6.07) is 49.8. The second-order valence-electron chi connectivity index (χ2n) is 18.1. The first-order chi connectivity index (χ1) is 34.6. The molecule has 2 saturated heterocycles. The number of Topliss-reactive ketones (excluding diaryl/α,β-unsaturated/α-hetero) is 2. The van der Waals surface area contributed by atoms with Crippen LogP contribution >= 0.6 is 23.5 Å². The van der Waals surface area contributed by atoms with Crippen LogP contribution in [0.1, 0.15) is 62.4 Å². The van der Waals surface area contributed by atoms with Crippen LogP contribution in [0.2, 0.25) is 0 Å². The third kappa shape index (κ3) is 14.4. The zero-order valence-corrected chi connectivity index (χ0v) is 42.6. The van der Waals surface area contributed by atoms with E-state index in [0.717, 1.165) is 33.4 Å². The molecule has 5 aromatic carbocycles. The van der Waals surface area contributed by atoms with Crippen molar-refractivity contribution in [3.05, 3.63) is 201 Å². The summed E-state index contributed by atoms with van der Waals surface area (Å²) in [5, 5.41) is -1.31. The maximum Gasteiger partial charge on any atom is 0.214 e. The van der Waals surface area contributed by atoms with Gasteiger partial charge in [-0.05, 0) is 62.4 Å². The molecule has 0 aliphatic carbocycles. The molecule has 8 rings (SSSR count). The van der Waals surface area contributed by atoms with E-state index < -0.39 is 59.7 Å². The lowest BCUT2D eigenvalue weighted by atomic mass is 9.98. The Morgan fingerprint density at radius 3 is 1.37 bits per heavy atom. The Morgan fingerprint density at radius 2 is 0.944 bits per heavy atom. The van der Waals surface area contributed by atoms with Gasteiger partial charge in [0.15, 0.2) is 17.9 Å². The Bertz CT molecular complexity index is 2510. The number of allylic oxidation sites excluding steroid dienone is 4. The van der Waals surface area contributed by atoms with Crippen molar-refractivity contribution in [3.63, 3.8) is 0 Å². The minimum atomic E-state index is -1.07. The average Bonchev–Trinajstić information content (AvgIpc) is 3.38. The van der Waals surface area contributed by atoms with Crippen LogP contribution in [-0.2, 0) is 85.3 Å². The SMILES string of the molecule is CC(=O)C(S[C@H]1[C@@H](O[C@H]2[C@H](OCc3ccccc3)[C@@H](COCc3ccccc3)O[C@@H]3OC(C)=C(C(C)=O)S[C@@H]32)O[C@H](COCc2ccccc2)[C@@H](OCc2ccccc2)[C@@H]1OCc1ccccc1)=C(C)C. The number of rotatable bonds is 23. The quantitative estimate of drug-likeness (QED) is 0.0579. The van der Waals surface area contributed by atoms with E-state index in [1.54, 1.807) is 13.8 Å². The molecule has 71 heavy (non-hydrogen) atoms. The molecule has 13 heteroatoms. The van der Waals surface area contributed by atoms with E-state index in [2.05, 4.69) is 0 Å². The Morgan fingerprint density at radius 1 is 0.535 bits per heavy atom. The van der Waals surface area contributed by atoms with Gasteiger partial charge in [0.1, 0.15) is 47.6 Å². The molecule has 0 spiro atoms. The topological polar surface area (TPSA) is 117 Å². The normalized spacial score (nSPS) is 25.2. The van der Waals surface area contributed by atoms with Gasteiger partial charge < -0.3 is 42.6 Å². The third-order valence-electron chi connectivity index (χ3n) is 12.3. The smallest absolute Gasteiger partial charge is 0.214 e. The van der Waals surface area contributed by atoms with Gasteiger partial charge >= 0.3 is 0 Å². The van der Waals surface area contributed by atoms with Crippen LogP contribution in [0, 0.1) is 0 Å². The van der Waals surface area contributed by atoms with E-state index in [0.29, 0.717) is 28.8 Å². The van der Waals surface area contributed by atoms with Crippen LogP contribution in [0.25, 0.3) is 0 Å². The highest BCUT2D eigenvalue weighted by atomic mass is 32.2. The first-order valence-corrected chi connectivity index (χ1v) is 25.9. The third-order valence-corrected chi connectivity index (χ3v) is 15.6. The predicted molar refractivity (Wildman–Crippen MR) is 276 cm³/mol. The second-order valence-corrected chi connectivity index (χ2v) is 20.5. The molecule has 0 amide bonds. The fourth-order valence-corrected chi connectivity index (χ4v) is 11.4. The fraction of sp³-hybridized carbons (Fsp3) is 0.379. The molecule has 5 aromatic rings. The van der Waals surface area contributed by atoms with Crippen molar-refractivity contribution < 1.29 is 52.2 Å². The monoisotopic (exact) mass is 1000 g/mol. The van der Waals surface area contributed by atoms with Gasteiger partial charge in [0, 0.05) is 4.91 Å². The van der Waals surface area contributed by atoms with Crippen molar-refractivity contribution in [2.24, 2.45) is 0 Å². The minimum Gasteiger partial charge on any atom is -0.467 e. The summed E-state index contributed by atoms with van der Waals surface area (Å²) in [5.41, 5.74) is 5.73. The highest BCUT2D eigenvalue weighted by Crippen LogP contribution is 2.46. The number of carbonyl (C=O) groups is 2. The number of fused-ring (bicyclic) bond motifs is 1. The van der Waals surface area contributed by atoms with Gasteiger partial charge in [0.2, 0.25) is 6.29 Å². The van der Waals surface area contributed by atoms with E-state index in [4.69, 9.17) is 42.6 Å². The zero-order valence-electron chi connectivity index (χ0n) is 41.0. The van der Waals surface area contributed by atoms with E-state index in [-0.39, 0.29) is 44.6 Å². The minimum absolute atomic E-state index is 0.0978. The Kier molecular flexibility index (Phi) is 19.3. The predicted octanol–water partition coefficient (Wildman–Crippen LogP) is 10.9. The van der Waals surface area contributed by atoms with Crippen molar-refractivity contribution >= 4 is 35.1 Å². The van der Waals surface area contributed by atoms with Crippen LogP contribution in [0.5, 0.6) is 0 Å². The van der Waals surface area contributed by atoms with E-state index >= 15 is 0 Å². The summed E-state index contributed by atoms with van der Waals surface area (Å²) in [5.74, 6) is 0.232. The highest BCUT2D eigenvalue weighted by Gasteiger charge is 2.56. The molecule has 2 fully saturated rings. The van der Waals surface area contributed by atoms with Crippen molar-refractivity contribution in [2.45, 2.75) is 127 Å². The van der Waals surface area contributed by atoms with Gasteiger partial charge in [-0.3, -0.25) is 9.59 Å². The van der Waals surface area contributed by atoms with Crippen LogP contribution in [0.15, 0.2) is 173 Å². The zero-order chi connectivity index (χ0) is 49.5. The van der Waals surface area contributed by atoms with Gasteiger partial charge in [-0.1, -0.05) is 157 Å². The van der Waals surface area contributed by atoms with Crippen LogP contribution in [0.3, 0.4) is 0 Å². The van der Waals surface area contributed by atoms with Crippen LogP contribution in [0.4, 0.5) is 0 Å². The maximum atomic E-state index is 13.7. The van der Waals surface area contributed by atoms with Crippen molar-refractivity contribution in [3.8, 4) is 0 Å². The van der Waals surface area contributed by atoms with Gasteiger partial charge in [-0.25, -0.2) is 0 Å². The van der Waals surface area contributed by atoms with Gasteiger partial charge in [0.05, 0.1) is 56.4 Å². The Labute approximate surface area is 426 Å². The fourth-order valence-electron chi connectivity index (χ4n) is 8.88. The van der Waals surface area contributed by atoms with Crippen molar-refractivity contribution in [1.29, 1.82) is 0 Å². The number of ether oxygens (including phenoxy) is 9.